The lowest BCUT2D eigenvalue weighted by Gasteiger charge is -2.32. The lowest BCUT2D eigenvalue weighted by atomic mass is 10.1. The van der Waals surface area contributed by atoms with Gasteiger partial charge in [0.2, 0.25) is 0 Å². The lowest BCUT2D eigenvalue weighted by molar-refractivity contribution is 0.0773. The number of nitrogens with one attached hydrogen (secondary N) is 2. The Morgan fingerprint density at radius 3 is 2.27 bits per heavy atom. The fourth-order valence-corrected chi connectivity index (χ4v) is 3.75. The van der Waals surface area contributed by atoms with Crippen molar-refractivity contribution >= 4 is 35.8 Å². The van der Waals surface area contributed by atoms with Crippen LogP contribution < -0.4 is 10.6 Å². The maximum Gasteiger partial charge on any atom is 0.253 e. The minimum Gasteiger partial charge on any atom is -0.357 e. The smallest absolute Gasteiger partial charge is 0.253 e. The van der Waals surface area contributed by atoms with Crippen LogP contribution in [0.5, 0.6) is 0 Å². The molecule has 0 radical (unpaired) electrons. The topological polar surface area (TPSA) is 60.0 Å². The summed E-state index contributed by atoms with van der Waals surface area (Å²) in [5.41, 5.74) is 1.85. The quantitative estimate of drug-likeness (QED) is 0.291. The molecule has 1 heterocycles. The molecule has 0 aromatic heterocycles. The Bertz CT molecular complexity index is 637. The number of rotatable bonds is 9. The molecule has 1 aliphatic heterocycles. The number of guanidine groups is 1. The van der Waals surface area contributed by atoms with Gasteiger partial charge in [0.05, 0.1) is 6.54 Å². The minimum atomic E-state index is 0. The van der Waals surface area contributed by atoms with E-state index in [2.05, 4.69) is 29.4 Å². The zero-order valence-electron chi connectivity index (χ0n) is 19.1. The van der Waals surface area contributed by atoms with Crippen LogP contribution in [0.25, 0.3) is 0 Å². The van der Waals surface area contributed by atoms with Gasteiger partial charge in [0.1, 0.15) is 0 Å². The van der Waals surface area contributed by atoms with Crippen molar-refractivity contribution in [3.63, 3.8) is 0 Å². The van der Waals surface area contributed by atoms with Crippen molar-refractivity contribution in [2.75, 3.05) is 39.3 Å². The second-order valence-corrected chi connectivity index (χ2v) is 7.63. The van der Waals surface area contributed by atoms with Crippen molar-refractivity contribution < 1.29 is 4.79 Å². The molecule has 0 atom stereocenters. The first-order chi connectivity index (χ1) is 14.1. The van der Waals surface area contributed by atoms with Crippen molar-refractivity contribution in [2.45, 2.75) is 59.5 Å². The SMILES string of the molecule is CCCN1CCC(NC(=NCc2ccc(C(=O)N(CC)CC)cc2)NCC)CC1.I. The highest BCUT2D eigenvalue weighted by Gasteiger charge is 2.19. The van der Waals surface area contributed by atoms with Gasteiger partial charge in [0.25, 0.3) is 5.91 Å². The third-order valence-corrected chi connectivity index (χ3v) is 5.48. The highest BCUT2D eigenvalue weighted by Crippen LogP contribution is 2.11. The fourth-order valence-electron chi connectivity index (χ4n) is 3.75. The summed E-state index contributed by atoms with van der Waals surface area (Å²) in [6.45, 7) is 14.8. The van der Waals surface area contributed by atoms with Gasteiger partial charge in [-0.3, -0.25) is 4.79 Å². The molecule has 1 aliphatic rings. The van der Waals surface area contributed by atoms with Crippen molar-refractivity contribution in [3.8, 4) is 0 Å². The Morgan fingerprint density at radius 2 is 1.73 bits per heavy atom. The standard InChI is InChI=1S/C23H39N5O.HI/c1-5-15-27-16-13-21(14-17-27)26-23(24-6-2)25-18-19-9-11-20(12-10-19)22(29)28(7-3)8-4;/h9-12,21H,5-8,13-18H2,1-4H3,(H2,24,25,26);1H. The van der Waals surface area contributed by atoms with Crippen molar-refractivity contribution in [3.05, 3.63) is 35.4 Å². The Morgan fingerprint density at radius 1 is 1.10 bits per heavy atom. The van der Waals surface area contributed by atoms with Crippen LogP contribution in [0.4, 0.5) is 0 Å². The minimum absolute atomic E-state index is 0. The third-order valence-electron chi connectivity index (χ3n) is 5.48. The van der Waals surface area contributed by atoms with E-state index in [9.17, 15) is 4.79 Å². The summed E-state index contributed by atoms with van der Waals surface area (Å²) in [4.78, 5) is 21.6. The van der Waals surface area contributed by atoms with Gasteiger partial charge in [-0.25, -0.2) is 4.99 Å². The number of likely N-dealkylation sites (tertiary alicyclic amines) is 1. The van der Waals surface area contributed by atoms with E-state index in [1.165, 1.54) is 13.0 Å². The molecule has 1 aromatic rings. The summed E-state index contributed by atoms with van der Waals surface area (Å²) < 4.78 is 0. The summed E-state index contributed by atoms with van der Waals surface area (Å²) in [5.74, 6) is 0.971. The molecular formula is C23H40IN5O. The molecule has 2 N–H and O–H groups in total. The number of hydrogen-bond acceptors (Lipinski definition) is 3. The number of nitrogens with zero attached hydrogens (tertiary/aromatic N) is 3. The monoisotopic (exact) mass is 529 g/mol. The van der Waals surface area contributed by atoms with Crippen LogP contribution >= 0.6 is 24.0 Å². The number of carbonyl (C=O) groups excluding carboxylic acids is 1. The first-order valence-electron chi connectivity index (χ1n) is 11.3. The van der Waals surface area contributed by atoms with Gasteiger partial charge >= 0.3 is 0 Å². The molecule has 0 unspecified atom stereocenters. The van der Waals surface area contributed by atoms with Crippen molar-refractivity contribution in [1.29, 1.82) is 0 Å². The summed E-state index contributed by atoms with van der Waals surface area (Å²) in [7, 11) is 0. The molecule has 30 heavy (non-hydrogen) atoms. The van der Waals surface area contributed by atoms with Gasteiger partial charge < -0.3 is 20.4 Å². The Kier molecular flexibility index (Phi) is 13.0. The number of benzene rings is 1. The number of hydrogen-bond donors (Lipinski definition) is 2. The maximum absolute atomic E-state index is 12.4. The van der Waals surface area contributed by atoms with E-state index >= 15 is 0 Å². The summed E-state index contributed by atoms with van der Waals surface area (Å²) in [5, 5.41) is 6.96. The van der Waals surface area contributed by atoms with E-state index in [0.29, 0.717) is 12.6 Å². The fraction of sp³-hybridized carbons (Fsp3) is 0.652. The molecular weight excluding hydrogens is 489 g/mol. The summed E-state index contributed by atoms with van der Waals surface area (Å²) in [6, 6.07) is 8.32. The van der Waals surface area contributed by atoms with Crippen LogP contribution in [0.15, 0.2) is 29.3 Å². The second-order valence-electron chi connectivity index (χ2n) is 7.63. The average molecular weight is 530 g/mol. The van der Waals surface area contributed by atoms with Crippen LogP contribution in [0.2, 0.25) is 0 Å². The van der Waals surface area contributed by atoms with Gasteiger partial charge in [0, 0.05) is 44.3 Å². The van der Waals surface area contributed by atoms with E-state index in [1.54, 1.807) is 0 Å². The van der Waals surface area contributed by atoms with Gasteiger partial charge in [-0.1, -0.05) is 19.1 Å². The normalized spacial score (nSPS) is 15.4. The molecule has 1 saturated heterocycles. The van der Waals surface area contributed by atoms with Gasteiger partial charge in [-0.2, -0.15) is 0 Å². The van der Waals surface area contributed by atoms with E-state index < -0.39 is 0 Å². The van der Waals surface area contributed by atoms with Crippen molar-refractivity contribution in [2.24, 2.45) is 4.99 Å². The number of amides is 1. The second kappa shape index (κ2) is 14.6. The van der Waals surface area contributed by atoms with E-state index in [-0.39, 0.29) is 29.9 Å². The van der Waals surface area contributed by atoms with E-state index in [0.717, 1.165) is 62.7 Å². The van der Waals surface area contributed by atoms with Crippen molar-refractivity contribution in [1.82, 2.24) is 20.4 Å². The van der Waals surface area contributed by atoms with Gasteiger partial charge in [-0.15, -0.1) is 24.0 Å². The van der Waals surface area contributed by atoms with Crippen LogP contribution in [-0.4, -0.2) is 67.0 Å². The van der Waals surface area contributed by atoms with Crippen LogP contribution in [0, 0.1) is 0 Å². The number of carbonyl (C=O) groups is 1. The highest BCUT2D eigenvalue weighted by molar-refractivity contribution is 14.0. The van der Waals surface area contributed by atoms with Crippen LogP contribution in [0.3, 0.4) is 0 Å². The van der Waals surface area contributed by atoms with Crippen LogP contribution in [-0.2, 0) is 6.54 Å². The summed E-state index contributed by atoms with van der Waals surface area (Å²) >= 11 is 0. The third kappa shape index (κ3) is 8.41. The lowest BCUT2D eigenvalue weighted by Crippen LogP contribution is -2.48. The zero-order valence-corrected chi connectivity index (χ0v) is 21.4. The first kappa shape index (κ1) is 26.7. The average Bonchev–Trinajstić information content (AvgIpc) is 2.75. The molecule has 1 amide bonds. The molecule has 0 bridgehead atoms. The summed E-state index contributed by atoms with van der Waals surface area (Å²) in [6.07, 6.45) is 3.54. The Hall–Kier alpha value is -1.35. The number of piperidine rings is 1. The van der Waals surface area contributed by atoms with Gasteiger partial charge in [0.15, 0.2) is 5.96 Å². The molecule has 1 fully saturated rings. The molecule has 0 spiro atoms. The molecule has 2 rings (SSSR count). The molecule has 170 valence electrons. The van der Waals surface area contributed by atoms with Gasteiger partial charge in [-0.05, 0) is 64.3 Å². The molecule has 1 aromatic carbocycles. The van der Waals surface area contributed by atoms with Crippen LogP contribution in [0.1, 0.15) is 62.9 Å². The first-order valence-corrected chi connectivity index (χ1v) is 11.3. The Balaban J connectivity index is 0.00000450. The molecule has 0 saturated carbocycles. The Labute approximate surface area is 199 Å². The maximum atomic E-state index is 12.4. The molecule has 7 heteroatoms. The number of aliphatic imine (C=N–C) groups is 1. The number of halogens is 1. The molecule has 0 aliphatic carbocycles. The largest absolute Gasteiger partial charge is 0.357 e. The van der Waals surface area contributed by atoms with E-state index in [4.69, 9.17) is 4.99 Å². The molecule has 6 nitrogen and oxygen atoms in total. The predicted molar refractivity (Wildman–Crippen MR) is 137 cm³/mol. The predicted octanol–water partition coefficient (Wildman–Crippen LogP) is 3.72. The highest BCUT2D eigenvalue weighted by atomic mass is 127. The zero-order chi connectivity index (χ0) is 21.1. The van der Waals surface area contributed by atoms with E-state index in [1.807, 2.05) is 43.0 Å².